The molecule has 0 fully saturated rings. The van der Waals surface area contributed by atoms with Crippen LogP contribution in [0.1, 0.15) is 5.69 Å². The summed E-state index contributed by atoms with van der Waals surface area (Å²) in [4.78, 5) is 8.82. The van der Waals surface area contributed by atoms with E-state index in [0.717, 1.165) is 11.4 Å². The van der Waals surface area contributed by atoms with E-state index < -0.39 is 0 Å². The van der Waals surface area contributed by atoms with Crippen molar-refractivity contribution in [2.75, 3.05) is 5.01 Å². The highest BCUT2D eigenvalue weighted by Crippen LogP contribution is 2.12. The van der Waals surface area contributed by atoms with Crippen LogP contribution in [0.4, 0.5) is 5.69 Å². The van der Waals surface area contributed by atoms with Gasteiger partial charge in [-0.1, -0.05) is 5.59 Å². The highest BCUT2D eigenvalue weighted by atomic mass is 16.7. The van der Waals surface area contributed by atoms with Crippen molar-refractivity contribution in [1.82, 2.24) is 10.6 Å². The lowest BCUT2D eigenvalue weighted by molar-refractivity contribution is 0.142. The highest BCUT2D eigenvalue weighted by molar-refractivity contribution is 5.45. The van der Waals surface area contributed by atoms with Crippen LogP contribution >= 0.6 is 0 Å². The average Bonchev–Trinajstić information content (AvgIpc) is 2.58. The van der Waals surface area contributed by atoms with Crippen LogP contribution in [0.3, 0.4) is 0 Å². The molecule has 0 unspecified atom stereocenters. The molecule has 1 N–H and O–H groups in total. The normalized spacial score (nSPS) is 14.9. The lowest BCUT2D eigenvalue weighted by atomic mass is 10.3. The van der Waals surface area contributed by atoms with Gasteiger partial charge in [0.1, 0.15) is 0 Å². The zero-order valence-electron chi connectivity index (χ0n) is 6.61. The van der Waals surface area contributed by atoms with Crippen molar-refractivity contribution >= 4 is 5.69 Å². The molecule has 0 amide bonds. The van der Waals surface area contributed by atoms with Gasteiger partial charge in [-0.25, -0.2) is 5.01 Å². The molecule has 0 aromatic carbocycles. The topological polar surface area (TPSA) is 37.4 Å². The van der Waals surface area contributed by atoms with Crippen molar-refractivity contribution in [3.63, 3.8) is 0 Å². The van der Waals surface area contributed by atoms with Gasteiger partial charge in [0.2, 0.25) is 6.26 Å². The lowest BCUT2D eigenvalue weighted by Crippen LogP contribution is -2.26. The van der Waals surface area contributed by atoms with Crippen molar-refractivity contribution < 1.29 is 4.84 Å². The van der Waals surface area contributed by atoms with E-state index in [2.05, 4.69) is 21.7 Å². The van der Waals surface area contributed by atoms with Gasteiger partial charge in [-0.2, -0.15) is 0 Å². The third kappa shape index (κ3) is 1.24. The van der Waals surface area contributed by atoms with E-state index in [4.69, 9.17) is 0 Å². The van der Waals surface area contributed by atoms with E-state index >= 15 is 0 Å². The molecule has 2 rings (SSSR count). The molecule has 4 heteroatoms. The molecule has 0 atom stereocenters. The van der Waals surface area contributed by atoms with Crippen LogP contribution in [-0.4, -0.2) is 4.98 Å². The molecule has 0 aliphatic carbocycles. The Morgan fingerprint density at radius 2 is 2.50 bits per heavy atom. The standard InChI is InChI=1S/C8H8N3O/c1-7-2-3-8(6-9-7)11-4-5-12-10-11/h2-4,6,10H,1H3. The van der Waals surface area contributed by atoms with Crippen LogP contribution in [0.5, 0.6) is 0 Å². The Morgan fingerprint density at radius 1 is 1.58 bits per heavy atom. The summed E-state index contributed by atoms with van der Waals surface area (Å²) in [6.07, 6.45) is 5.97. The molecule has 1 aliphatic rings. The molecule has 2 heterocycles. The van der Waals surface area contributed by atoms with Crippen LogP contribution in [0.25, 0.3) is 0 Å². The van der Waals surface area contributed by atoms with Gasteiger partial charge in [-0.15, -0.1) is 0 Å². The van der Waals surface area contributed by atoms with Gasteiger partial charge in [0, 0.05) is 5.69 Å². The van der Waals surface area contributed by atoms with E-state index in [1.807, 2.05) is 19.1 Å². The fourth-order valence-corrected chi connectivity index (χ4v) is 0.911. The number of pyridine rings is 1. The van der Waals surface area contributed by atoms with E-state index in [1.165, 1.54) is 0 Å². The van der Waals surface area contributed by atoms with Gasteiger partial charge >= 0.3 is 0 Å². The first-order valence-corrected chi connectivity index (χ1v) is 3.58. The average molecular weight is 162 g/mol. The third-order valence-electron chi connectivity index (χ3n) is 1.56. The van der Waals surface area contributed by atoms with Gasteiger partial charge < -0.3 is 4.84 Å². The van der Waals surface area contributed by atoms with Crippen molar-refractivity contribution in [3.8, 4) is 0 Å². The van der Waals surface area contributed by atoms with Crippen LogP contribution in [0.15, 0.2) is 24.5 Å². The Hall–Kier alpha value is -1.55. The van der Waals surface area contributed by atoms with Crippen molar-refractivity contribution in [3.05, 3.63) is 36.5 Å². The van der Waals surface area contributed by atoms with E-state index in [0.29, 0.717) is 0 Å². The van der Waals surface area contributed by atoms with Gasteiger partial charge in [-0.05, 0) is 19.1 Å². The second-order valence-electron chi connectivity index (χ2n) is 2.47. The molecule has 0 saturated heterocycles. The molecule has 1 aliphatic heterocycles. The molecule has 12 heavy (non-hydrogen) atoms. The number of anilines is 1. The summed E-state index contributed by atoms with van der Waals surface area (Å²) >= 11 is 0. The third-order valence-corrected chi connectivity index (χ3v) is 1.56. The first-order valence-electron chi connectivity index (χ1n) is 3.58. The summed E-state index contributed by atoms with van der Waals surface area (Å²) in [6.45, 7) is 1.94. The minimum Gasteiger partial charge on any atom is -0.383 e. The maximum atomic E-state index is 4.68. The summed E-state index contributed by atoms with van der Waals surface area (Å²) in [5.41, 5.74) is 4.53. The second-order valence-corrected chi connectivity index (χ2v) is 2.47. The number of nitrogens with zero attached hydrogens (tertiary/aromatic N) is 2. The number of aromatic nitrogens is 1. The van der Waals surface area contributed by atoms with Gasteiger partial charge in [0.15, 0.2) is 0 Å². The minimum atomic E-state index is 0.922. The number of hydrogen-bond donors (Lipinski definition) is 1. The molecule has 61 valence electrons. The van der Waals surface area contributed by atoms with Crippen LogP contribution in [0.2, 0.25) is 0 Å². The maximum Gasteiger partial charge on any atom is 0.213 e. The SMILES string of the molecule is Cc1ccc(N2C=[C]ON2)cn1. The minimum absolute atomic E-state index is 0.922. The van der Waals surface area contributed by atoms with E-state index in [9.17, 15) is 0 Å². The smallest absolute Gasteiger partial charge is 0.213 e. The van der Waals surface area contributed by atoms with Crippen molar-refractivity contribution in [2.45, 2.75) is 6.92 Å². The van der Waals surface area contributed by atoms with Crippen molar-refractivity contribution in [2.24, 2.45) is 0 Å². The summed E-state index contributed by atoms with van der Waals surface area (Å²) in [5.74, 6) is 0. The fourth-order valence-electron chi connectivity index (χ4n) is 0.911. The largest absolute Gasteiger partial charge is 0.383 e. The predicted molar refractivity (Wildman–Crippen MR) is 43.5 cm³/mol. The summed E-state index contributed by atoms with van der Waals surface area (Å²) in [5, 5.41) is 1.69. The molecule has 4 nitrogen and oxygen atoms in total. The molecule has 0 spiro atoms. The van der Waals surface area contributed by atoms with Crippen molar-refractivity contribution in [1.29, 1.82) is 0 Å². The number of hydrogen-bond acceptors (Lipinski definition) is 4. The molecule has 0 saturated carbocycles. The zero-order valence-corrected chi connectivity index (χ0v) is 6.61. The Bertz CT molecular complexity index is 294. The lowest BCUT2D eigenvalue weighted by Gasteiger charge is -2.12. The number of hydrazine groups is 1. The number of aryl methyl sites for hydroxylation is 1. The van der Waals surface area contributed by atoms with Gasteiger partial charge in [0.05, 0.1) is 18.1 Å². The van der Waals surface area contributed by atoms with E-state index in [1.54, 1.807) is 17.4 Å². The van der Waals surface area contributed by atoms with Crippen LogP contribution in [0, 0.1) is 13.2 Å². The molecule has 0 bridgehead atoms. The molecular formula is C8H8N3O. The highest BCUT2D eigenvalue weighted by Gasteiger charge is 2.07. The zero-order chi connectivity index (χ0) is 8.39. The maximum absolute atomic E-state index is 4.68. The summed E-state index contributed by atoms with van der Waals surface area (Å²) < 4.78 is 0. The summed E-state index contributed by atoms with van der Waals surface area (Å²) in [6, 6.07) is 3.88. The Morgan fingerprint density at radius 3 is 3.08 bits per heavy atom. The molecule has 1 aromatic rings. The Kier molecular flexibility index (Phi) is 1.68. The Labute approximate surface area is 70.4 Å². The molecule has 1 radical (unpaired) electrons. The molecular weight excluding hydrogens is 154 g/mol. The first-order chi connectivity index (χ1) is 5.86. The fraction of sp³-hybridized carbons (Fsp3) is 0.125. The number of nitrogens with one attached hydrogen (secondary N) is 1. The molecule has 1 aromatic heterocycles. The second kappa shape index (κ2) is 2.83. The van der Waals surface area contributed by atoms with E-state index in [-0.39, 0.29) is 0 Å². The van der Waals surface area contributed by atoms with Gasteiger partial charge in [0.25, 0.3) is 0 Å². The van der Waals surface area contributed by atoms with Crippen LogP contribution < -0.4 is 10.6 Å². The first kappa shape index (κ1) is 7.12. The van der Waals surface area contributed by atoms with Gasteiger partial charge in [-0.3, -0.25) is 4.98 Å². The number of rotatable bonds is 1. The summed E-state index contributed by atoms with van der Waals surface area (Å²) in [7, 11) is 0. The monoisotopic (exact) mass is 162 g/mol. The Balaban J connectivity index is 2.23. The quantitative estimate of drug-likeness (QED) is 0.666. The predicted octanol–water partition coefficient (Wildman–Crippen LogP) is 0.921. The van der Waals surface area contributed by atoms with Crippen LogP contribution in [-0.2, 0) is 4.84 Å².